The maximum atomic E-state index is 14.5. The molecule has 2 aliphatic heterocycles. The van der Waals surface area contributed by atoms with Crippen LogP contribution in [-0.4, -0.2) is 48.9 Å². The van der Waals surface area contributed by atoms with Gasteiger partial charge in [0.25, 0.3) is 11.2 Å². The molecule has 40 heavy (non-hydrogen) atoms. The van der Waals surface area contributed by atoms with Crippen LogP contribution in [0.5, 0.6) is 0 Å². The minimum atomic E-state index is -1.97. The van der Waals surface area contributed by atoms with Gasteiger partial charge in [0.15, 0.2) is 0 Å². The molecular weight excluding hydrogens is 504 g/mol. The van der Waals surface area contributed by atoms with E-state index in [2.05, 4.69) is 0 Å². The highest BCUT2D eigenvalue weighted by molar-refractivity contribution is 6.34. The van der Waals surface area contributed by atoms with E-state index >= 15 is 0 Å². The van der Waals surface area contributed by atoms with E-state index in [0.717, 1.165) is 0 Å². The normalized spacial score (nSPS) is 21.4. The minimum Gasteiger partial charge on any atom is -0.467 e. The van der Waals surface area contributed by atoms with E-state index in [1.165, 1.54) is 14.2 Å². The molecule has 0 bridgehead atoms. The molecule has 4 aromatic carbocycles. The Hall–Kier alpha value is -5.24. The Balaban J connectivity index is 1.79. The van der Waals surface area contributed by atoms with E-state index in [0.29, 0.717) is 28.3 Å². The third-order valence-corrected chi connectivity index (χ3v) is 7.21. The summed E-state index contributed by atoms with van der Waals surface area (Å²) in [6.07, 6.45) is 0. The number of rotatable bonds is 6. The molecule has 0 saturated carbocycles. The standard InChI is InChI=1S/C32H26N4O4/c1-39-29(37)31-27(23-15-7-3-8-16-23)34-36(26-21-13-6-14-22-26)32(31,30(38)40-2)35(25-19-11-5-12-20-25)28(33-31)24-17-9-4-10-18-24/h3-22H,1-2H3/t31-,32-/m0/s1. The zero-order chi connectivity index (χ0) is 27.7. The van der Waals surface area contributed by atoms with Crippen molar-refractivity contribution in [2.45, 2.75) is 11.2 Å². The summed E-state index contributed by atoms with van der Waals surface area (Å²) in [4.78, 5) is 35.7. The van der Waals surface area contributed by atoms with Gasteiger partial charge in [-0.05, 0) is 24.3 Å². The van der Waals surface area contributed by atoms with Crippen LogP contribution in [0.25, 0.3) is 0 Å². The van der Waals surface area contributed by atoms with E-state index in [1.54, 1.807) is 9.91 Å². The number of aliphatic imine (C=N–C) groups is 1. The number of fused-ring (bicyclic) bond motifs is 1. The van der Waals surface area contributed by atoms with Gasteiger partial charge in [0.05, 0.1) is 19.9 Å². The lowest BCUT2D eigenvalue weighted by Gasteiger charge is -2.45. The number of amidine groups is 1. The molecule has 0 unspecified atom stereocenters. The van der Waals surface area contributed by atoms with Gasteiger partial charge < -0.3 is 9.47 Å². The van der Waals surface area contributed by atoms with Gasteiger partial charge >= 0.3 is 11.9 Å². The number of hydrogen-bond donors (Lipinski definition) is 0. The van der Waals surface area contributed by atoms with Crippen molar-refractivity contribution in [1.29, 1.82) is 0 Å². The first-order valence-electron chi connectivity index (χ1n) is 12.8. The van der Waals surface area contributed by atoms with Crippen molar-refractivity contribution in [2.24, 2.45) is 10.1 Å². The van der Waals surface area contributed by atoms with Crippen LogP contribution >= 0.6 is 0 Å². The summed E-state index contributed by atoms with van der Waals surface area (Å²) in [6, 6.07) is 37.2. The minimum absolute atomic E-state index is 0.265. The molecule has 0 aliphatic carbocycles. The Kier molecular flexibility index (Phi) is 6.15. The first-order chi connectivity index (χ1) is 19.6. The van der Waals surface area contributed by atoms with Gasteiger partial charge in [0.1, 0.15) is 11.5 Å². The maximum Gasteiger partial charge on any atom is 0.359 e. The van der Waals surface area contributed by atoms with Gasteiger partial charge in [0.2, 0.25) is 0 Å². The largest absolute Gasteiger partial charge is 0.467 e. The first-order valence-corrected chi connectivity index (χ1v) is 12.8. The monoisotopic (exact) mass is 530 g/mol. The van der Waals surface area contributed by atoms with Crippen LogP contribution in [0.4, 0.5) is 11.4 Å². The van der Waals surface area contributed by atoms with Gasteiger partial charge in [-0.2, -0.15) is 5.10 Å². The van der Waals surface area contributed by atoms with E-state index in [9.17, 15) is 9.59 Å². The fourth-order valence-electron chi connectivity index (χ4n) is 5.56. The molecule has 6 rings (SSSR count). The number of nitrogens with zero attached hydrogens (tertiary/aromatic N) is 4. The van der Waals surface area contributed by atoms with Crippen LogP contribution in [0.1, 0.15) is 11.1 Å². The summed E-state index contributed by atoms with van der Waals surface area (Å²) < 4.78 is 11.0. The van der Waals surface area contributed by atoms with Gasteiger partial charge in [-0.15, -0.1) is 0 Å². The molecule has 0 amide bonds. The number of benzene rings is 4. The van der Waals surface area contributed by atoms with E-state index in [-0.39, 0.29) is 5.71 Å². The van der Waals surface area contributed by atoms with Gasteiger partial charge in [-0.3, -0.25) is 4.90 Å². The van der Waals surface area contributed by atoms with E-state index in [4.69, 9.17) is 19.6 Å². The second-order valence-electron chi connectivity index (χ2n) is 9.30. The molecule has 0 saturated heterocycles. The van der Waals surface area contributed by atoms with Crippen LogP contribution in [0.15, 0.2) is 131 Å². The second-order valence-corrected chi connectivity index (χ2v) is 9.30. The Morgan fingerprint density at radius 1 is 0.625 bits per heavy atom. The average molecular weight is 531 g/mol. The zero-order valence-electron chi connectivity index (χ0n) is 22.0. The van der Waals surface area contributed by atoms with Gasteiger partial charge in [0, 0.05) is 16.8 Å². The summed E-state index contributed by atoms with van der Waals surface area (Å²) >= 11 is 0. The number of carbonyl (C=O) groups is 2. The fourth-order valence-corrected chi connectivity index (χ4v) is 5.56. The molecule has 2 atom stereocenters. The lowest BCUT2D eigenvalue weighted by Crippen LogP contribution is -2.74. The van der Waals surface area contributed by atoms with Gasteiger partial charge in [-0.25, -0.2) is 19.6 Å². The van der Waals surface area contributed by atoms with Crippen molar-refractivity contribution in [2.75, 3.05) is 24.1 Å². The number of methoxy groups -OCH3 is 2. The zero-order valence-corrected chi connectivity index (χ0v) is 22.0. The van der Waals surface area contributed by atoms with Crippen molar-refractivity contribution in [1.82, 2.24) is 0 Å². The summed E-state index contributed by atoms with van der Waals surface area (Å²) in [5.74, 6) is -1.08. The average Bonchev–Trinajstić information content (AvgIpc) is 3.51. The quantitative estimate of drug-likeness (QED) is 0.337. The van der Waals surface area contributed by atoms with Crippen molar-refractivity contribution < 1.29 is 19.1 Å². The topological polar surface area (TPSA) is 83.8 Å². The summed E-state index contributed by atoms with van der Waals surface area (Å²) in [5, 5.41) is 6.55. The molecule has 198 valence electrons. The molecule has 2 aliphatic rings. The Morgan fingerprint density at radius 2 is 1.10 bits per heavy atom. The predicted octanol–water partition coefficient (Wildman–Crippen LogP) is 4.66. The molecule has 0 radical (unpaired) electrons. The number of ether oxygens (including phenoxy) is 2. The Bertz CT molecular complexity index is 1610. The van der Waals surface area contributed by atoms with E-state index < -0.39 is 23.1 Å². The molecule has 2 heterocycles. The highest BCUT2D eigenvalue weighted by Gasteiger charge is 2.80. The summed E-state index contributed by atoms with van der Waals surface area (Å²) in [5.41, 5.74) is -1.15. The fraction of sp³-hybridized carbons (Fsp3) is 0.125. The summed E-state index contributed by atoms with van der Waals surface area (Å²) in [6.45, 7) is 0. The number of hydrogen-bond acceptors (Lipinski definition) is 8. The number of esters is 2. The lowest BCUT2D eigenvalue weighted by atomic mass is 9.77. The third kappa shape index (κ3) is 3.39. The second kappa shape index (κ2) is 9.81. The third-order valence-electron chi connectivity index (χ3n) is 7.21. The van der Waals surface area contributed by atoms with Crippen LogP contribution in [-0.2, 0) is 19.1 Å². The SMILES string of the molecule is COC(=O)[C@]12N=C(c3ccccc3)N(c3ccccc3)[C@@]1(C(=O)OC)N(c1ccccc1)N=C2c1ccccc1. The van der Waals surface area contributed by atoms with Crippen molar-refractivity contribution in [3.05, 3.63) is 132 Å². The first kappa shape index (κ1) is 25.1. The van der Waals surface area contributed by atoms with Crippen LogP contribution in [0, 0.1) is 0 Å². The lowest BCUT2D eigenvalue weighted by molar-refractivity contribution is -0.156. The van der Waals surface area contributed by atoms with E-state index in [1.807, 2.05) is 121 Å². The van der Waals surface area contributed by atoms with Crippen LogP contribution in [0.2, 0.25) is 0 Å². The molecule has 0 spiro atoms. The Morgan fingerprint density at radius 3 is 1.62 bits per heavy atom. The molecule has 0 N–H and O–H groups in total. The molecule has 0 fully saturated rings. The molecule has 0 aromatic heterocycles. The highest BCUT2D eigenvalue weighted by Crippen LogP contribution is 2.53. The van der Waals surface area contributed by atoms with Crippen molar-refractivity contribution in [3.8, 4) is 0 Å². The van der Waals surface area contributed by atoms with Crippen LogP contribution in [0.3, 0.4) is 0 Å². The van der Waals surface area contributed by atoms with Gasteiger partial charge in [-0.1, -0.05) is 97.1 Å². The number of carbonyl (C=O) groups excluding carboxylic acids is 2. The number of para-hydroxylation sites is 2. The maximum absolute atomic E-state index is 14.5. The molecular formula is C32H26N4O4. The van der Waals surface area contributed by atoms with Crippen molar-refractivity contribution in [3.63, 3.8) is 0 Å². The van der Waals surface area contributed by atoms with Crippen LogP contribution < -0.4 is 9.91 Å². The number of anilines is 2. The molecule has 8 nitrogen and oxygen atoms in total. The Labute approximate surface area is 231 Å². The van der Waals surface area contributed by atoms with Crippen molar-refractivity contribution >= 4 is 34.9 Å². The summed E-state index contributed by atoms with van der Waals surface area (Å²) in [7, 11) is 2.59. The predicted molar refractivity (Wildman–Crippen MR) is 153 cm³/mol. The molecule has 8 heteroatoms. The molecule has 4 aromatic rings. The smallest absolute Gasteiger partial charge is 0.359 e. The highest BCUT2D eigenvalue weighted by atomic mass is 16.5. The number of hydrazone groups is 1.